The molecule has 1 aliphatic heterocycles. The fourth-order valence-electron chi connectivity index (χ4n) is 3.12. The molecule has 0 aliphatic carbocycles. The Morgan fingerprint density at radius 1 is 1.00 bits per heavy atom. The zero-order chi connectivity index (χ0) is 21.4. The maximum absolute atomic E-state index is 13.0. The molecule has 5 nitrogen and oxygen atoms in total. The summed E-state index contributed by atoms with van der Waals surface area (Å²) in [6.45, 7) is 1.94. The van der Waals surface area contributed by atoms with Gasteiger partial charge in [-0.1, -0.05) is 29.8 Å². The van der Waals surface area contributed by atoms with Crippen molar-refractivity contribution in [1.82, 2.24) is 4.31 Å². The van der Waals surface area contributed by atoms with Crippen molar-refractivity contribution in [3.8, 4) is 0 Å². The first-order valence-electron chi connectivity index (χ1n) is 8.83. The molecule has 3 rings (SSSR count). The van der Waals surface area contributed by atoms with Crippen molar-refractivity contribution in [2.45, 2.75) is 23.6 Å². The number of alkyl halides is 3. The molecule has 1 N–H and O–H groups in total. The fourth-order valence-corrected chi connectivity index (χ4v) is 4.85. The lowest BCUT2D eigenvalue weighted by Crippen LogP contribution is -2.48. The third kappa shape index (κ3) is 4.37. The zero-order valence-electron chi connectivity index (χ0n) is 15.5. The van der Waals surface area contributed by atoms with Gasteiger partial charge in [0, 0.05) is 36.9 Å². The molecule has 0 bridgehead atoms. The Morgan fingerprint density at radius 2 is 1.59 bits per heavy atom. The van der Waals surface area contributed by atoms with E-state index in [1.54, 1.807) is 12.1 Å². The minimum atomic E-state index is -4.78. The molecule has 158 valence electrons. The van der Waals surface area contributed by atoms with Gasteiger partial charge in [-0.15, -0.1) is 0 Å². The van der Waals surface area contributed by atoms with Crippen LogP contribution in [0, 0.1) is 0 Å². The summed E-state index contributed by atoms with van der Waals surface area (Å²) in [6, 6.07) is 11.5. The van der Waals surface area contributed by atoms with Crippen LogP contribution in [0.5, 0.6) is 0 Å². The van der Waals surface area contributed by atoms with Gasteiger partial charge in [-0.05, 0) is 42.8 Å². The second kappa shape index (κ2) is 7.79. The van der Waals surface area contributed by atoms with Crippen LogP contribution >= 0.6 is 11.6 Å². The second-order valence-corrected chi connectivity index (χ2v) is 9.34. The van der Waals surface area contributed by atoms with Gasteiger partial charge in [0.15, 0.2) is 5.60 Å². The molecule has 0 aromatic heterocycles. The van der Waals surface area contributed by atoms with Gasteiger partial charge in [-0.25, -0.2) is 8.42 Å². The highest BCUT2D eigenvalue weighted by Gasteiger charge is 2.51. The zero-order valence-corrected chi connectivity index (χ0v) is 17.1. The lowest BCUT2D eigenvalue weighted by molar-refractivity contribution is -0.258. The second-order valence-electron chi connectivity index (χ2n) is 6.97. The van der Waals surface area contributed by atoms with E-state index in [4.69, 9.17) is 11.6 Å². The summed E-state index contributed by atoms with van der Waals surface area (Å²) in [5.41, 5.74) is -2.53. The molecule has 0 radical (unpaired) electrons. The van der Waals surface area contributed by atoms with Crippen molar-refractivity contribution in [2.75, 3.05) is 31.1 Å². The van der Waals surface area contributed by atoms with Gasteiger partial charge in [-0.2, -0.15) is 17.5 Å². The number of anilines is 1. The van der Waals surface area contributed by atoms with E-state index in [9.17, 15) is 26.7 Å². The number of piperazine rings is 1. The number of halogens is 4. The molecular weight excluding hydrogens is 429 g/mol. The molecule has 2 aromatic rings. The van der Waals surface area contributed by atoms with Gasteiger partial charge in [0.05, 0.1) is 4.90 Å². The third-order valence-corrected chi connectivity index (χ3v) is 7.15. The Kier molecular flexibility index (Phi) is 5.88. The van der Waals surface area contributed by atoms with Gasteiger partial charge < -0.3 is 10.0 Å². The first-order chi connectivity index (χ1) is 13.4. The van der Waals surface area contributed by atoms with E-state index in [0.717, 1.165) is 0 Å². The van der Waals surface area contributed by atoms with E-state index in [0.29, 0.717) is 30.7 Å². The molecule has 10 heteroatoms. The number of benzene rings is 2. The van der Waals surface area contributed by atoms with Crippen LogP contribution in [-0.4, -0.2) is 50.2 Å². The van der Waals surface area contributed by atoms with Crippen molar-refractivity contribution in [2.24, 2.45) is 0 Å². The van der Waals surface area contributed by atoms with Crippen molar-refractivity contribution in [1.29, 1.82) is 0 Å². The lowest BCUT2D eigenvalue weighted by atomic mass is 9.95. The molecule has 29 heavy (non-hydrogen) atoms. The molecule has 1 atom stereocenters. The smallest absolute Gasteiger partial charge is 0.376 e. The largest absolute Gasteiger partial charge is 0.421 e. The monoisotopic (exact) mass is 448 g/mol. The SMILES string of the molecule is CC(O)(c1ccc(N2CCN(S(=O)(=O)c3cccc(Cl)c3)CC2)cc1)C(F)(F)F. The molecule has 0 spiro atoms. The first-order valence-corrected chi connectivity index (χ1v) is 10.6. The van der Waals surface area contributed by atoms with E-state index in [2.05, 4.69) is 0 Å². The highest BCUT2D eigenvalue weighted by atomic mass is 35.5. The summed E-state index contributed by atoms with van der Waals surface area (Å²) in [5.74, 6) is 0. The number of nitrogens with zero attached hydrogens (tertiary/aromatic N) is 2. The van der Waals surface area contributed by atoms with Gasteiger partial charge in [-0.3, -0.25) is 0 Å². The molecule has 1 fully saturated rings. The molecule has 2 aromatic carbocycles. The molecule has 1 saturated heterocycles. The number of rotatable bonds is 4. The predicted molar refractivity (Wildman–Crippen MR) is 104 cm³/mol. The Hall–Kier alpha value is -1.81. The van der Waals surface area contributed by atoms with Crippen molar-refractivity contribution in [3.63, 3.8) is 0 Å². The summed E-state index contributed by atoms with van der Waals surface area (Å²) >= 11 is 5.89. The van der Waals surface area contributed by atoms with Crippen molar-refractivity contribution < 1.29 is 26.7 Å². The molecular formula is C19H20ClF3N2O3S. The maximum atomic E-state index is 13.0. The lowest BCUT2D eigenvalue weighted by Gasteiger charge is -2.35. The predicted octanol–water partition coefficient (Wildman–Crippen LogP) is 3.62. The van der Waals surface area contributed by atoms with Crippen LogP contribution in [0.4, 0.5) is 18.9 Å². The summed E-state index contributed by atoms with van der Waals surface area (Å²) in [4.78, 5) is 2.01. The molecule has 0 amide bonds. The number of hydrogen-bond acceptors (Lipinski definition) is 4. The quantitative estimate of drug-likeness (QED) is 0.776. The Morgan fingerprint density at radius 3 is 2.10 bits per heavy atom. The average Bonchev–Trinajstić information content (AvgIpc) is 2.67. The summed E-state index contributed by atoms with van der Waals surface area (Å²) in [5, 5.41) is 10.1. The molecule has 1 heterocycles. The summed E-state index contributed by atoms with van der Waals surface area (Å²) in [6.07, 6.45) is -4.78. The fraction of sp³-hybridized carbons (Fsp3) is 0.368. The van der Waals surface area contributed by atoms with Crippen LogP contribution in [0.1, 0.15) is 12.5 Å². The summed E-state index contributed by atoms with van der Waals surface area (Å²) in [7, 11) is -3.67. The van der Waals surface area contributed by atoms with Crippen molar-refractivity contribution >= 4 is 27.3 Å². The van der Waals surface area contributed by atoms with Crippen LogP contribution in [0.15, 0.2) is 53.4 Å². The van der Waals surface area contributed by atoms with Gasteiger partial charge >= 0.3 is 6.18 Å². The highest BCUT2D eigenvalue weighted by molar-refractivity contribution is 7.89. The Labute approximate surface area is 172 Å². The van der Waals surface area contributed by atoms with Gasteiger partial charge in [0.25, 0.3) is 0 Å². The van der Waals surface area contributed by atoms with Gasteiger partial charge in [0.2, 0.25) is 10.0 Å². The first kappa shape index (κ1) is 21.9. The van der Waals surface area contributed by atoms with Crippen LogP contribution in [0.25, 0.3) is 0 Å². The Bertz CT molecular complexity index is 971. The van der Waals surface area contributed by atoms with Gasteiger partial charge in [0.1, 0.15) is 0 Å². The third-order valence-electron chi connectivity index (χ3n) is 5.02. The van der Waals surface area contributed by atoms with Crippen LogP contribution in [0.3, 0.4) is 0 Å². The van der Waals surface area contributed by atoms with Crippen molar-refractivity contribution in [3.05, 3.63) is 59.1 Å². The standard InChI is InChI=1S/C19H20ClF3N2O3S/c1-18(26,19(21,22)23)14-5-7-16(8-6-14)24-9-11-25(12-10-24)29(27,28)17-4-2-3-15(20)13-17/h2-8,13,26H,9-12H2,1H3. The van der Waals surface area contributed by atoms with E-state index >= 15 is 0 Å². The number of aliphatic hydroxyl groups is 1. The minimum Gasteiger partial charge on any atom is -0.376 e. The van der Waals surface area contributed by atoms with E-state index in [1.807, 2.05) is 4.90 Å². The molecule has 0 saturated carbocycles. The van der Waals surface area contributed by atoms with E-state index in [1.165, 1.54) is 40.7 Å². The number of sulfonamides is 1. The van der Waals surface area contributed by atoms with Crippen LogP contribution in [-0.2, 0) is 15.6 Å². The summed E-state index contributed by atoms with van der Waals surface area (Å²) < 4.78 is 65.7. The molecule has 1 aliphatic rings. The van der Waals surface area contributed by atoms with E-state index < -0.39 is 21.8 Å². The maximum Gasteiger partial charge on any atom is 0.421 e. The minimum absolute atomic E-state index is 0.122. The Balaban J connectivity index is 1.70. The topological polar surface area (TPSA) is 60.9 Å². The van der Waals surface area contributed by atoms with Crippen LogP contribution < -0.4 is 4.90 Å². The van der Waals surface area contributed by atoms with Crippen LogP contribution in [0.2, 0.25) is 5.02 Å². The normalized spacial score (nSPS) is 18.5. The highest BCUT2D eigenvalue weighted by Crippen LogP contribution is 2.39. The van der Waals surface area contributed by atoms with E-state index in [-0.39, 0.29) is 23.5 Å². The number of hydrogen-bond donors (Lipinski definition) is 1. The average molecular weight is 449 g/mol. The molecule has 1 unspecified atom stereocenters.